The zero-order chi connectivity index (χ0) is 18.6. The predicted molar refractivity (Wildman–Crippen MR) is 89.8 cm³/mol. The molecule has 0 heterocycles. The quantitative estimate of drug-likeness (QED) is 0.841. The van der Waals surface area contributed by atoms with Gasteiger partial charge in [-0.05, 0) is 31.5 Å². The van der Waals surface area contributed by atoms with Crippen molar-refractivity contribution in [2.24, 2.45) is 0 Å². The molecule has 2 N–H and O–H groups in total. The van der Waals surface area contributed by atoms with Crippen LogP contribution in [0.2, 0.25) is 0 Å². The van der Waals surface area contributed by atoms with Gasteiger partial charge in [0.1, 0.15) is 12.4 Å². The fraction of sp³-hybridized carbons (Fsp3) is 0.278. The highest BCUT2D eigenvalue weighted by atomic mass is 19.4. The highest BCUT2D eigenvalue weighted by Crippen LogP contribution is 2.37. The Kier molecular flexibility index (Phi) is 5.56. The number of carbonyl (C=O) groups is 1. The highest BCUT2D eigenvalue weighted by molar-refractivity contribution is 5.91. The van der Waals surface area contributed by atoms with Gasteiger partial charge in [0.05, 0.1) is 11.3 Å². The SMILES string of the molecule is CNC(=O)Nc1c(COc2ccc(C)cc2C)cccc1C(F)(F)F. The third-order valence-electron chi connectivity index (χ3n) is 3.64. The molecule has 0 aliphatic carbocycles. The summed E-state index contributed by atoms with van der Waals surface area (Å²) in [5.74, 6) is 0.578. The number of carbonyl (C=O) groups excluding carboxylic acids is 1. The molecule has 2 amide bonds. The molecule has 0 unspecified atom stereocenters. The molecular formula is C18H19F3N2O2. The molecule has 0 saturated heterocycles. The van der Waals surface area contributed by atoms with Gasteiger partial charge in [0.25, 0.3) is 0 Å². The summed E-state index contributed by atoms with van der Waals surface area (Å²) in [6, 6.07) is 8.52. The molecule has 0 aromatic heterocycles. The van der Waals surface area contributed by atoms with Crippen LogP contribution in [0.3, 0.4) is 0 Å². The van der Waals surface area contributed by atoms with Crippen molar-refractivity contribution in [2.45, 2.75) is 26.6 Å². The van der Waals surface area contributed by atoms with Crippen LogP contribution in [-0.4, -0.2) is 13.1 Å². The van der Waals surface area contributed by atoms with Gasteiger partial charge in [-0.15, -0.1) is 0 Å². The molecule has 25 heavy (non-hydrogen) atoms. The lowest BCUT2D eigenvalue weighted by molar-refractivity contribution is -0.137. The number of alkyl halides is 3. The Morgan fingerprint density at radius 2 is 1.88 bits per heavy atom. The molecule has 0 atom stereocenters. The van der Waals surface area contributed by atoms with E-state index in [0.29, 0.717) is 5.75 Å². The Balaban J connectivity index is 2.34. The molecular weight excluding hydrogens is 333 g/mol. The molecule has 0 bridgehead atoms. The number of aryl methyl sites for hydroxylation is 2. The number of benzene rings is 2. The number of amides is 2. The van der Waals surface area contributed by atoms with Gasteiger partial charge in [-0.25, -0.2) is 4.79 Å². The fourth-order valence-corrected chi connectivity index (χ4v) is 2.40. The summed E-state index contributed by atoms with van der Waals surface area (Å²) in [6.45, 7) is 3.69. The number of anilines is 1. The monoisotopic (exact) mass is 352 g/mol. The van der Waals surface area contributed by atoms with E-state index in [-0.39, 0.29) is 17.9 Å². The van der Waals surface area contributed by atoms with Gasteiger partial charge < -0.3 is 15.4 Å². The number of hydrogen-bond acceptors (Lipinski definition) is 2. The second-order valence-electron chi connectivity index (χ2n) is 5.60. The van der Waals surface area contributed by atoms with Crippen LogP contribution in [0.1, 0.15) is 22.3 Å². The maximum atomic E-state index is 13.2. The molecule has 134 valence electrons. The van der Waals surface area contributed by atoms with E-state index in [2.05, 4.69) is 10.6 Å². The summed E-state index contributed by atoms with van der Waals surface area (Å²) in [5, 5.41) is 4.50. The number of hydrogen-bond donors (Lipinski definition) is 2. The average molecular weight is 352 g/mol. The van der Waals surface area contributed by atoms with Gasteiger partial charge in [0.2, 0.25) is 0 Å². The summed E-state index contributed by atoms with van der Waals surface area (Å²) in [5.41, 5.74) is 0.953. The topological polar surface area (TPSA) is 50.4 Å². The average Bonchev–Trinajstić information content (AvgIpc) is 2.53. The molecule has 2 aromatic carbocycles. The van der Waals surface area contributed by atoms with E-state index in [1.165, 1.54) is 19.2 Å². The van der Waals surface area contributed by atoms with Crippen molar-refractivity contribution in [3.63, 3.8) is 0 Å². The van der Waals surface area contributed by atoms with Crippen LogP contribution in [0.5, 0.6) is 5.75 Å². The first-order chi connectivity index (χ1) is 11.7. The van der Waals surface area contributed by atoms with Crippen LogP contribution < -0.4 is 15.4 Å². The predicted octanol–water partition coefficient (Wildman–Crippen LogP) is 4.65. The zero-order valence-electron chi connectivity index (χ0n) is 14.1. The molecule has 4 nitrogen and oxygen atoms in total. The van der Waals surface area contributed by atoms with Crippen molar-refractivity contribution in [1.82, 2.24) is 5.32 Å². The van der Waals surface area contributed by atoms with Gasteiger partial charge in [0.15, 0.2) is 0 Å². The Hall–Kier alpha value is -2.70. The van der Waals surface area contributed by atoms with Gasteiger partial charge >= 0.3 is 12.2 Å². The van der Waals surface area contributed by atoms with Crippen LogP contribution in [0.15, 0.2) is 36.4 Å². The number of halogens is 3. The smallest absolute Gasteiger partial charge is 0.418 e. The van der Waals surface area contributed by atoms with E-state index in [0.717, 1.165) is 17.2 Å². The molecule has 2 rings (SSSR count). The molecule has 0 spiro atoms. The molecule has 2 aromatic rings. The number of rotatable bonds is 4. The highest BCUT2D eigenvalue weighted by Gasteiger charge is 2.35. The lowest BCUT2D eigenvalue weighted by Gasteiger charge is -2.18. The third-order valence-corrected chi connectivity index (χ3v) is 3.64. The van der Waals surface area contributed by atoms with Crippen LogP contribution in [0.4, 0.5) is 23.7 Å². The number of ether oxygens (including phenoxy) is 1. The molecule has 0 aliphatic heterocycles. The summed E-state index contributed by atoms with van der Waals surface area (Å²) < 4.78 is 45.4. The molecule has 0 aliphatic rings. The maximum Gasteiger partial charge on any atom is 0.418 e. The third kappa shape index (κ3) is 4.65. The van der Waals surface area contributed by atoms with Crippen molar-refractivity contribution in [3.05, 3.63) is 58.7 Å². The summed E-state index contributed by atoms with van der Waals surface area (Å²) in [7, 11) is 1.33. The minimum Gasteiger partial charge on any atom is -0.489 e. The zero-order valence-corrected chi connectivity index (χ0v) is 14.1. The first kappa shape index (κ1) is 18.6. The van der Waals surface area contributed by atoms with E-state index in [9.17, 15) is 18.0 Å². The van der Waals surface area contributed by atoms with E-state index in [1.807, 2.05) is 26.0 Å². The van der Waals surface area contributed by atoms with Crippen LogP contribution in [0, 0.1) is 13.8 Å². The molecule has 0 saturated carbocycles. The number of para-hydroxylation sites is 1. The van der Waals surface area contributed by atoms with Crippen molar-refractivity contribution in [3.8, 4) is 5.75 Å². The van der Waals surface area contributed by atoms with Crippen molar-refractivity contribution in [2.75, 3.05) is 12.4 Å². The Morgan fingerprint density at radius 3 is 2.48 bits per heavy atom. The number of nitrogens with one attached hydrogen (secondary N) is 2. The first-order valence-corrected chi connectivity index (χ1v) is 7.60. The molecule has 7 heteroatoms. The van der Waals surface area contributed by atoms with Crippen molar-refractivity contribution < 1.29 is 22.7 Å². The van der Waals surface area contributed by atoms with Crippen molar-refractivity contribution >= 4 is 11.7 Å². The fourth-order valence-electron chi connectivity index (χ4n) is 2.40. The van der Waals surface area contributed by atoms with E-state index in [1.54, 1.807) is 6.07 Å². The maximum absolute atomic E-state index is 13.2. The van der Waals surface area contributed by atoms with Gasteiger partial charge in [0, 0.05) is 12.6 Å². The lowest BCUT2D eigenvalue weighted by Crippen LogP contribution is -2.27. The van der Waals surface area contributed by atoms with Crippen LogP contribution in [-0.2, 0) is 12.8 Å². The summed E-state index contributed by atoms with van der Waals surface area (Å²) >= 11 is 0. The second kappa shape index (κ2) is 7.46. The number of urea groups is 1. The molecule has 0 radical (unpaired) electrons. The van der Waals surface area contributed by atoms with Gasteiger partial charge in [-0.3, -0.25) is 0 Å². The van der Waals surface area contributed by atoms with E-state index >= 15 is 0 Å². The first-order valence-electron chi connectivity index (χ1n) is 7.60. The van der Waals surface area contributed by atoms with E-state index in [4.69, 9.17) is 4.74 Å². The van der Waals surface area contributed by atoms with Gasteiger partial charge in [-0.1, -0.05) is 29.8 Å². The van der Waals surface area contributed by atoms with Gasteiger partial charge in [-0.2, -0.15) is 13.2 Å². The van der Waals surface area contributed by atoms with Crippen LogP contribution in [0.25, 0.3) is 0 Å². The Morgan fingerprint density at radius 1 is 1.16 bits per heavy atom. The standard InChI is InChI=1S/C18H19F3N2O2/c1-11-7-8-15(12(2)9-11)25-10-13-5-4-6-14(18(19,20)21)16(13)23-17(24)22-3/h4-9H,10H2,1-3H3,(H2,22,23,24). The minimum absolute atomic E-state index is 0.104. The largest absolute Gasteiger partial charge is 0.489 e. The summed E-state index contributed by atoms with van der Waals surface area (Å²) in [4.78, 5) is 11.5. The van der Waals surface area contributed by atoms with E-state index < -0.39 is 17.8 Å². The molecule has 0 fully saturated rings. The van der Waals surface area contributed by atoms with Crippen LogP contribution >= 0.6 is 0 Å². The second-order valence-corrected chi connectivity index (χ2v) is 5.60. The van der Waals surface area contributed by atoms with Crippen molar-refractivity contribution in [1.29, 1.82) is 0 Å². The minimum atomic E-state index is -4.59. The lowest BCUT2D eigenvalue weighted by atomic mass is 10.1. The Bertz CT molecular complexity index is 773. The summed E-state index contributed by atoms with van der Waals surface area (Å²) in [6.07, 6.45) is -4.59. The normalized spacial score (nSPS) is 11.1. The Labute approximate surface area is 144 Å².